The van der Waals surface area contributed by atoms with Crippen LogP contribution in [0, 0.1) is 11.3 Å². The Balaban J connectivity index is 1.38. The summed E-state index contributed by atoms with van der Waals surface area (Å²) in [4.78, 5) is 35.8. The second kappa shape index (κ2) is 10.4. The maximum atomic E-state index is 13.0. The minimum absolute atomic E-state index is 0.213. The molecule has 1 fully saturated rings. The number of carbonyl (C=O) groups is 2. The quantitative estimate of drug-likeness (QED) is 0.407. The van der Waals surface area contributed by atoms with Gasteiger partial charge >= 0.3 is 0 Å². The zero-order chi connectivity index (χ0) is 23.2. The van der Waals surface area contributed by atoms with E-state index >= 15 is 0 Å². The number of imide groups is 1. The number of hydrogen-bond donors (Lipinski definition) is 1. The molecular formula is C24H24N6O2S. The predicted octanol–water partition coefficient (Wildman–Crippen LogP) is 2.84. The van der Waals surface area contributed by atoms with Crippen molar-refractivity contribution in [3.05, 3.63) is 77.5 Å². The topological polar surface area (TPSA) is 104 Å². The van der Waals surface area contributed by atoms with E-state index < -0.39 is 6.04 Å². The molecule has 1 N–H and O–H groups in total. The summed E-state index contributed by atoms with van der Waals surface area (Å²) in [6, 6.07) is 12.6. The Morgan fingerprint density at radius 3 is 2.88 bits per heavy atom. The van der Waals surface area contributed by atoms with Crippen molar-refractivity contribution in [2.24, 2.45) is 0 Å². The Hall–Kier alpha value is -3.48. The molecule has 9 heteroatoms. The Labute approximate surface area is 196 Å². The van der Waals surface area contributed by atoms with Crippen LogP contribution in [0.4, 0.5) is 0 Å². The molecule has 2 aromatic heterocycles. The van der Waals surface area contributed by atoms with E-state index in [2.05, 4.69) is 21.4 Å². The number of aromatic nitrogens is 3. The third kappa shape index (κ3) is 5.13. The van der Waals surface area contributed by atoms with Gasteiger partial charge in [0.15, 0.2) is 0 Å². The van der Waals surface area contributed by atoms with Crippen LogP contribution in [0.25, 0.3) is 0 Å². The predicted molar refractivity (Wildman–Crippen MR) is 124 cm³/mol. The van der Waals surface area contributed by atoms with Crippen molar-refractivity contribution in [1.29, 1.82) is 5.26 Å². The fourth-order valence-corrected chi connectivity index (χ4v) is 4.49. The standard InChI is InChI=1S/C24H24N6O2S/c1-2-33-22-20(4-3-10-27-22)23(31)30-11-9-21(24(30)32)28-14-19-13-26-16-29(19)15-18-7-5-17(12-25)6-8-18/h3-8,10,13,16,21,28H,2,9,11,14-15H2,1H3. The molecule has 3 heterocycles. The summed E-state index contributed by atoms with van der Waals surface area (Å²) in [5.74, 6) is 0.291. The zero-order valence-corrected chi connectivity index (χ0v) is 19.1. The van der Waals surface area contributed by atoms with E-state index in [-0.39, 0.29) is 11.8 Å². The molecule has 8 nitrogen and oxygen atoms in total. The Morgan fingerprint density at radius 1 is 1.30 bits per heavy atom. The molecule has 0 aliphatic carbocycles. The van der Waals surface area contributed by atoms with Crippen molar-refractivity contribution in [3.63, 3.8) is 0 Å². The highest BCUT2D eigenvalue weighted by molar-refractivity contribution is 7.99. The molecule has 33 heavy (non-hydrogen) atoms. The summed E-state index contributed by atoms with van der Waals surface area (Å²) in [5.41, 5.74) is 3.08. The molecule has 2 amide bonds. The lowest BCUT2D eigenvalue weighted by Gasteiger charge is -2.17. The van der Waals surface area contributed by atoms with E-state index in [1.807, 2.05) is 23.6 Å². The number of likely N-dealkylation sites (tertiary alicyclic amines) is 1. The number of nitriles is 1. The maximum absolute atomic E-state index is 13.0. The van der Waals surface area contributed by atoms with Crippen molar-refractivity contribution in [2.75, 3.05) is 12.3 Å². The number of pyridine rings is 1. The van der Waals surface area contributed by atoms with Crippen LogP contribution >= 0.6 is 11.8 Å². The summed E-state index contributed by atoms with van der Waals surface area (Å²) in [5, 5.41) is 12.9. The van der Waals surface area contributed by atoms with Gasteiger partial charge < -0.3 is 9.88 Å². The fraction of sp³-hybridized carbons (Fsp3) is 0.292. The van der Waals surface area contributed by atoms with Crippen LogP contribution in [-0.2, 0) is 17.9 Å². The van der Waals surface area contributed by atoms with Crippen molar-refractivity contribution >= 4 is 23.6 Å². The van der Waals surface area contributed by atoms with Crippen LogP contribution in [0.1, 0.15) is 40.5 Å². The third-order valence-corrected chi connectivity index (χ3v) is 6.38. The SMILES string of the molecule is CCSc1ncccc1C(=O)N1CCC(NCc2cncn2Cc2ccc(C#N)cc2)C1=O. The molecule has 1 aliphatic heterocycles. The van der Waals surface area contributed by atoms with E-state index in [1.165, 1.54) is 16.7 Å². The van der Waals surface area contributed by atoms with Crippen LogP contribution in [0.3, 0.4) is 0 Å². The normalized spacial score (nSPS) is 15.6. The fourth-order valence-electron chi connectivity index (χ4n) is 3.77. The Bertz CT molecular complexity index is 1180. The molecule has 1 aliphatic rings. The summed E-state index contributed by atoms with van der Waals surface area (Å²) in [7, 11) is 0. The highest BCUT2D eigenvalue weighted by Crippen LogP contribution is 2.23. The number of amides is 2. The number of benzene rings is 1. The van der Waals surface area contributed by atoms with Gasteiger partial charge in [0, 0.05) is 32.0 Å². The number of hydrogen-bond acceptors (Lipinski definition) is 7. The molecule has 0 radical (unpaired) electrons. The van der Waals surface area contributed by atoms with E-state index in [0.29, 0.717) is 42.2 Å². The summed E-state index contributed by atoms with van der Waals surface area (Å²) >= 11 is 1.49. The van der Waals surface area contributed by atoms with Gasteiger partial charge in [-0.25, -0.2) is 9.97 Å². The number of rotatable bonds is 8. The van der Waals surface area contributed by atoms with Crippen LogP contribution < -0.4 is 5.32 Å². The lowest BCUT2D eigenvalue weighted by Crippen LogP contribution is -2.41. The number of nitrogens with zero attached hydrogens (tertiary/aromatic N) is 5. The van der Waals surface area contributed by atoms with E-state index in [1.54, 1.807) is 43.0 Å². The molecule has 168 valence electrons. The number of imidazole rings is 1. The van der Waals surface area contributed by atoms with Crippen LogP contribution in [-0.4, -0.2) is 49.6 Å². The highest BCUT2D eigenvalue weighted by atomic mass is 32.2. The van der Waals surface area contributed by atoms with E-state index in [9.17, 15) is 9.59 Å². The third-order valence-electron chi connectivity index (χ3n) is 5.50. The van der Waals surface area contributed by atoms with Crippen molar-refractivity contribution < 1.29 is 9.59 Å². The van der Waals surface area contributed by atoms with Gasteiger partial charge in [-0.3, -0.25) is 14.5 Å². The zero-order valence-electron chi connectivity index (χ0n) is 18.3. The van der Waals surface area contributed by atoms with Gasteiger partial charge in [0.2, 0.25) is 5.91 Å². The smallest absolute Gasteiger partial charge is 0.263 e. The first-order valence-corrected chi connectivity index (χ1v) is 11.7. The van der Waals surface area contributed by atoms with Gasteiger partial charge in [-0.1, -0.05) is 19.1 Å². The second-order valence-corrected chi connectivity index (χ2v) is 8.88. The molecule has 1 atom stereocenters. The van der Waals surface area contributed by atoms with Gasteiger partial charge in [0.25, 0.3) is 5.91 Å². The van der Waals surface area contributed by atoms with Crippen molar-refractivity contribution in [1.82, 2.24) is 24.8 Å². The number of nitrogens with one attached hydrogen (secondary N) is 1. The Morgan fingerprint density at radius 2 is 2.12 bits per heavy atom. The maximum Gasteiger partial charge on any atom is 0.263 e. The molecule has 0 spiro atoms. The lowest BCUT2D eigenvalue weighted by atomic mass is 10.1. The van der Waals surface area contributed by atoms with Crippen LogP contribution in [0.2, 0.25) is 0 Å². The first kappa shape index (κ1) is 22.7. The average Bonchev–Trinajstić information content (AvgIpc) is 3.44. The molecule has 1 unspecified atom stereocenters. The largest absolute Gasteiger partial charge is 0.329 e. The summed E-state index contributed by atoms with van der Waals surface area (Å²) < 4.78 is 2.00. The molecule has 3 aromatic rings. The minimum atomic E-state index is -0.425. The van der Waals surface area contributed by atoms with Gasteiger partial charge in [-0.05, 0) is 42.0 Å². The molecule has 4 rings (SSSR count). The molecule has 0 saturated carbocycles. The lowest BCUT2D eigenvalue weighted by molar-refractivity contribution is -0.127. The van der Waals surface area contributed by atoms with E-state index in [0.717, 1.165) is 17.0 Å². The van der Waals surface area contributed by atoms with Gasteiger partial charge in [-0.15, -0.1) is 11.8 Å². The van der Waals surface area contributed by atoms with E-state index in [4.69, 9.17) is 5.26 Å². The molecular weight excluding hydrogens is 436 g/mol. The van der Waals surface area contributed by atoms with Crippen LogP contribution in [0.5, 0.6) is 0 Å². The molecule has 1 saturated heterocycles. The van der Waals surface area contributed by atoms with Gasteiger partial charge in [0.05, 0.1) is 35.3 Å². The number of carbonyl (C=O) groups excluding carboxylic acids is 2. The Kier molecular flexibility index (Phi) is 7.17. The molecule has 0 bridgehead atoms. The monoisotopic (exact) mass is 460 g/mol. The average molecular weight is 461 g/mol. The summed E-state index contributed by atoms with van der Waals surface area (Å²) in [6.45, 7) is 3.45. The van der Waals surface area contributed by atoms with Crippen molar-refractivity contribution in [2.45, 2.75) is 37.5 Å². The van der Waals surface area contributed by atoms with Gasteiger partial charge in [-0.2, -0.15) is 5.26 Å². The van der Waals surface area contributed by atoms with Crippen LogP contribution in [0.15, 0.2) is 60.1 Å². The molecule has 1 aromatic carbocycles. The second-order valence-electron chi connectivity index (χ2n) is 7.63. The highest BCUT2D eigenvalue weighted by Gasteiger charge is 2.36. The van der Waals surface area contributed by atoms with Crippen molar-refractivity contribution in [3.8, 4) is 6.07 Å². The van der Waals surface area contributed by atoms with Gasteiger partial charge in [0.1, 0.15) is 5.03 Å². The first-order chi connectivity index (χ1) is 16.1. The minimum Gasteiger partial charge on any atom is -0.329 e. The number of thioether (sulfide) groups is 1. The first-order valence-electron chi connectivity index (χ1n) is 10.8. The summed E-state index contributed by atoms with van der Waals surface area (Å²) in [6.07, 6.45) is 5.73.